The highest BCUT2D eigenvalue weighted by Gasteiger charge is 2.22. The van der Waals surface area contributed by atoms with Crippen molar-refractivity contribution in [3.05, 3.63) is 182 Å². The Morgan fingerprint density at radius 1 is 0.439 bits per heavy atom. The number of nitrogens with zero attached hydrogens (tertiary/aromatic N) is 4. The summed E-state index contributed by atoms with van der Waals surface area (Å²) in [7, 11) is 0. The van der Waals surface area contributed by atoms with Crippen LogP contribution in [0.4, 0.5) is 0 Å². The fourth-order valence-corrected chi connectivity index (χ4v) is 8.16. The molecule has 4 aromatic heterocycles. The Labute approximate surface area is 332 Å². The van der Waals surface area contributed by atoms with Crippen molar-refractivity contribution in [2.45, 2.75) is 0 Å². The van der Waals surface area contributed by atoms with E-state index >= 15 is 0 Å². The summed E-state index contributed by atoms with van der Waals surface area (Å²) >= 11 is 0. The number of hydrogen-bond donors (Lipinski definition) is 0. The van der Waals surface area contributed by atoms with E-state index in [2.05, 4.69) is 59.2 Å². The number of fused-ring (bicyclic) bond motifs is 10. The molecule has 0 atom stereocenters. The normalized spacial score (nSPS) is 13.1. The van der Waals surface area contributed by atoms with E-state index in [0.29, 0.717) is 50.7 Å². The van der Waals surface area contributed by atoms with E-state index in [9.17, 15) is 0 Å². The molecule has 0 N–H and O–H groups in total. The lowest BCUT2D eigenvalue weighted by Gasteiger charge is -2.11. The number of furan rings is 2. The van der Waals surface area contributed by atoms with Gasteiger partial charge in [-0.15, -0.1) is 0 Å². The van der Waals surface area contributed by atoms with Gasteiger partial charge in [-0.25, -0.2) is 4.98 Å². The average molecular weight is 736 g/mol. The lowest BCUT2D eigenvalue weighted by Crippen LogP contribution is -2.06. The number of benzene rings is 8. The van der Waals surface area contributed by atoms with Crippen LogP contribution in [0.5, 0.6) is 0 Å². The van der Waals surface area contributed by atoms with Gasteiger partial charge in [-0.1, -0.05) is 145 Å². The Morgan fingerprint density at radius 2 is 1.11 bits per heavy atom. The van der Waals surface area contributed by atoms with Gasteiger partial charge in [0.2, 0.25) is 5.95 Å². The van der Waals surface area contributed by atoms with Crippen molar-refractivity contribution in [3.63, 3.8) is 0 Å². The first kappa shape index (κ1) is 26.9. The molecule has 0 amide bonds. The fourth-order valence-electron chi connectivity index (χ4n) is 8.16. The van der Waals surface area contributed by atoms with Crippen molar-refractivity contribution in [3.8, 4) is 51.0 Å². The highest BCUT2D eigenvalue weighted by molar-refractivity contribution is 6.21. The molecule has 57 heavy (non-hydrogen) atoms. The predicted octanol–water partition coefficient (Wildman–Crippen LogP) is 13.4. The topological polar surface area (TPSA) is 69.9 Å². The molecule has 0 saturated heterocycles. The Bertz CT molecular complexity index is 3790. The Morgan fingerprint density at radius 3 is 1.96 bits per heavy atom. The molecule has 266 valence electrons. The Balaban J connectivity index is 1.10. The average Bonchev–Trinajstić information content (AvgIpc) is 4.00. The maximum Gasteiger partial charge on any atom is 0.238 e. The maximum atomic E-state index is 8.72. The van der Waals surface area contributed by atoms with Crippen LogP contribution in [0.15, 0.2) is 191 Å². The van der Waals surface area contributed by atoms with Crippen molar-refractivity contribution < 1.29 is 15.7 Å². The zero-order valence-corrected chi connectivity index (χ0v) is 30.0. The first-order valence-corrected chi connectivity index (χ1v) is 18.6. The van der Waals surface area contributed by atoms with Crippen LogP contribution in [-0.2, 0) is 0 Å². The van der Waals surface area contributed by atoms with Crippen molar-refractivity contribution in [2.75, 3.05) is 0 Å². The molecule has 0 bridgehead atoms. The molecule has 0 radical (unpaired) electrons. The molecular formula is C51H30N4O2. The van der Waals surface area contributed by atoms with E-state index < -0.39 is 18.1 Å². The van der Waals surface area contributed by atoms with Crippen LogP contribution in [0.25, 0.3) is 117 Å². The Hall–Kier alpha value is -7.83. The van der Waals surface area contributed by atoms with Crippen LogP contribution in [0.2, 0.25) is 0 Å². The molecule has 6 heteroatoms. The second-order valence-electron chi connectivity index (χ2n) is 14.0. The summed E-state index contributed by atoms with van der Waals surface area (Å²) in [4.78, 5) is 15.5. The van der Waals surface area contributed by atoms with Gasteiger partial charge in [-0.2, -0.15) is 9.97 Å². The summed E-state index contributed by atoms with van der Waals surface area (Å²) in [6, 6.07) is 48.1. The summed E-state index contributed by atoms with van der Waals surface area (Å²) in [5.41, 5.74) is 8.54. The van der Waals surface area contributed by atoms with Crippen molar-refractivity contribution >= 4 is 65.7 Å². The maximum absolute atomic E-state index is 8.72. The molecule has 6 nitrogen and oxygen atoms in total. The van der Waals surface area contributed by atoms with Crippen LogP contribution in [0, 0.1) is 0 Å². The summed E-state index contributed by atoms with van der Waals surface area (Å²) in [6.45, 7) is 0. The van der Waals surface area contributed by atoms with Gasteiger partial charge in [0, 0.05) is 43.4 Å². The largest absolute Gasteiger partial charge is 0.456 e. The van der Waals surface area contributed by atoms with Crippen LogP contribution in [0.3, 0.4) is 0 Å². The van der Waals surface area contributed by atoms with Gasteiger partial charge in [0.1, 0.15) is 22.3 Å². The molecule has 0 spiro atoms. The fraction of sp³-hybridized carbons (Fsp3) is 0. The van der Waals surface area contributed by atoms with E-state index in [-0.39, 0.29) is 17.6 Å². The van der Waals surface area contributed by atoms with Gasteiger partial charge in [-0.05, 0) is 58.7 Å². The minimum absolute atomic E-state index is 0.114. The molecule has 0 aliphatic rings. The van der Waals surface area contributed by atoms with Crippen molar-refractivity contribution in [1.82, 2.24) is 19.5 Å². The lowest BCUT2D eigenvalue weighted by molar-refractivity contribution is 0.669. The third kappa shape index (κ3) is 4.94. The molecule has 0 saturated carbocycles. The van der Waals surface area contributed by atoms with Crippen molar-refractivity contribution in [2.24, 2.45) is 0 Å². The predicted molar refractivity (Wildman–Crippen MR) is 230 cm³/mol. The molecule has 8 aromatic carbocycles. The minimum atomic E-state index is -0.441. The first-order chi connectivity index (χ1) is 30.3. The van der Waals surface area contributed by atoms with Crippen molar-refractivity contribution in [1.29, 1.82) is 0 Å². The Kier molecular flexibility index (Phi) is 5.82. The third-order valence-corrected chi connectivity index (χ3v) is 10.8. The summed E-state index contributed by atoms with van der Waals surface area (Å²) < 4.78 is 57.4. The van der Waals surface area contributed by atoms with Crippen LogP contribution in [0.1, 0.15) is 6.85 Å². The molecule has 0 aliphatic carbocycles. The second-order valence-corrected chi connectivity index (χ2v) is 14.0. The number of aromatic nitrogens is 4. The van der Waals surface area contributed by atoms with E-state index in [1.807, 2.05) is 84.9 Å². The first-order valence-electron chi connectivity index (χ1n) is 21.1. The monoisotopic (exact) mass is 735 g/mol. The highest BCUT2D eigenvalue weighted by Crippen LogP contribution is 2.41. The van der Waals surface area contributed by atoms with E-state index in [1.165, 1.54) is 0 Å². The third-order valence-electron chi connectivity index (χ3n) is 10.8. The molecule has 12 rings (SSSR count). The van der Waals surface area contributed by atoms with Crippen LogP contribution < -0.4 is 0 Å². The number of hydrogen-bond acceptors (Lipinski definition) is 5. The van der Waals surface area contributed by atoms with Gasteiger partial charge in [0.15, 0.2) is 17.2 Å². The van der Waals surface area contributed by atoms with Crippen LogP contribution >= 0.6 is 0 Å². The number of para-hydroxylation sites is 2. The van der Waals surface area contributed by atoms with Gasteiger partial charge < -0.3 is 8.83 Å². The summed E-state index contributed by atoms with van der Waals surface area (Å²) in [5.74, 6) is 1.29. The van der Waals surface area contributed by atoms with Gasteiger partial charge in [0.05, 0.1) is 12.4 Å². The zero-order valence-electron chi connectivity index (χ0n) is 35.0. The minimum Gasteiger partial charge on any atom is -0.456 e. The van der Waals surface area contributed by atoms with Crippen LogP contribution in [-0.4, -0.2) is 19.5 Å². The van der Waals surface area contributed by atoms with Gasteiger partial charge in [0.25, 0.3) is 0 Å². The summed E-state index contributed by atoms with van der Waals surface area (Å²) in [6.07, 6.45) is 0. The molecule has 12 aromatic rings. The number of rotatable bonds is 5. The van der Waals surface area contributed by atoms with E-state index in [0.717, 1.165) is 60.4 Å². The summed E-state index contributed by atoms with van der Waals surface area (Å²) in [5, 5.41) is 5.39. The van der Waals surface area contributed by atoms with E-state index in [1.54, 1.807) is 12.1 Å². The molecular weight excluding hydrogens is 701 g/mol. The standard InChI is InChI=1S/C51H30N4O2/c1-3-12-31(13-4-1)32-22-24-34(25-23-32)49-52-50(35-26-27-41-45(30-35)56-44-21-11-18-36(46(41)44)33-14-5-2-6-15-33)54-51(53-49)55-42-19-9-7-16-37(42)39-28-29-40-38-17-8-10-20-43(38)57-48(40)47(39)55/h1-30H/i2D,5D,6D,14D,15D. The van der Waals surface area contributed by atoms with E-state index in [4.69, 9.17) is 30.6 Å². The lowest BCUT2D eigenvalue weighted by atomic mass is 9.99. The molecule has 0 unspecified atom stereocenters. The second kappa shape index (κ2) is 12.3. The SMILES string of the molecule is [2H]c1c([2H])c([2H])c(-c2cccc3oc4cc(-c5nc(-c6ccc(-c7ccccc7)cc6)nc(-n6c7ccccc7c7ccc8c9ccccc9oc8c76)n5)ccc4c23)c([2H])c1[2H]. The van der Waals surface area contributed by atoms with Gasteiger partial charge >= 0.3 is 0 Å². The quantitative estimate of drug-likeness (QED) is 0.176. The molecule has 0 aliphatic heterocycles. The molecule has 4 heterocycles. The smallest absolute Gasteiger partial charge is 0.238 e. The highest BCUT2D eigenvalue weighted by atomic mass is 16.3. The molecule has 0 fully saturated rings. The zero-order chi connectivity index (χ0) is 41.8. The van der Waals surface area contributed by atoms with Gasteiger partial charge in [-0.3, -0.25) is 4.57 Å².